The van der Waals surface area contributed by atoms with Gasteiger partial charge in [-0.25, -0.2) is 9.97 Å². The summed E-state index contributed by atoms with van der Waals surface area (Å²) in [5.41, 5.74) is 3.92. The van der Waals surface area contributed by atoms with Gasteiger partial charge in [-0.05, 0) is 69.3 Å². The Morgan fingerprint density at radius 3 is 2.53 bits per heavy atom. The molecule has 0 unspecified atom stereocenters. The van der Waals surface area contributed by atoms with Gasteiger partial charge in [0.1, 0.15) is 11.6 Å². The smallest absolute Gasteiger partial charge is 0.159 e. The van der Waals surface area contributed by atoms with Crippen molar-refractivity contribution < 1.29 is 9.53 Å². The normalized spacial score (nSPS) is 18.3. The van der Waals surface area contributed by atoms with Gasteiger partial charge in [-0.2, -0.15) is 0 Å². The first kappa shape index (κ1) is 24.3. The molecule has 1 fully saturated rings. The zero-order valence-corrected chi connectivity index (χ0v) is 21.3. The van der Waals surface area contributed by atoms with Crippen molar-refractivity contribution in [1.82, 2.24) is 19.9 Å². The molecule has 0 aliphatic carbocycles. The molecule has 7 nitrogen and oxygen atoms in total. The molecule has 2 aromatic carbocycles. The van der Waals surface area contributed by atoms with Crippen LogP contribution < -0.4 is 5.32 Å². The Bertz CT molecular complexity index is 1400. The highest BCUT2D eigenvalue weighted by Crippen LogP contribution is 2.31. The number of morpholine rings is 1. The molecule has 2 aromatic heterocycles. The van der Waals surface area contributed by atoms with Gasteiger partial charge in [0.25, 0.3) is 0 Å². The van der Waals surface area contributed by atoms with Crippen molar-refractivity contribution in [3.8, 4) is 11.3 Å². The molecule has 0 spiro atoms. The standard InChI is InChI=1S/C28H28ClN5O2/c1-17-14-34(15-18(2)36-17)16-26-32-25-13-21(27-24(29)5-4-12-30-27)8-11-23(25)28(33-26)31-22-9-6-20(7-10-22)19(3)35/h4-13,17-18H,14-16H2,1-3H3,(H,31,32,33)/t17-,18-/m1/s1. The highest BCUT2D eigenvalue weighted by molar-refractivity contribution is 6.33. The topological polar surface area (TPSA) is 80.2 Å². The molecule has 1 aliphatic rings. The molecule has 5 rings (SSSR count). The Morgan fingerprint density at radius 1 is 1.08 bits per heavy atom. The van der Waals surface area contributed by atoms with Crippen molar-refractivity contribution in [2.75, 3.05) is 18.4 Å². The van der Waals surface area contributed by atoms with E-state index in [2.05, 4.69) is 29.0 Å². The van der Waals surface area contributed by atoms with E-state index in [9.17, 15) is 4.79 Å². The number of hydrogen-bond acceptors (Lipinski definition) is 7. The van der Waals surface area contributed by atoms with Crippen molar-refractivity contribution >= 4 is 39.8 Å². The second-order valence-electron chi connectivity index (χ2n) is 9.26. The summed E-state index contributed by atoms with van der Waals surface area (Å²) >= 11 is 6.42. The number of carbonyl (C=O) groups excluding carboxylic acids is 1. The highest BCUT2D eigenvalue weighted by atomic mass is 35.5. The third-order valence-electron chi connectivity index (χ3n) is 6.19. The summed E-state index contributed by atoms with van der Waals surface area (Å²) in [5, 5.41) is 4.90. The minimum atomic E-state index is 0.0333. The van der Waals surface area contributed by atoms with E-state index in [1.165, 1.54) is 0 Å². The quantitative estimate of drug-likeness (QED) is 0.329. The van der Waals surface area contributed by atoms with Crippen molar-refractivity contribution in [1.29, 1.82) is 0 Å². The second kappa shape index (κ2) is 10.3. The number of aromatic nitrogens is 3. The molecule has 1 saturated heterocycles. The zero-order chi connectivity index (χ0) is 25.2. The molecule has 1 aliphatic heterocycles. The molecule has 4 aromatic rings. The van der Waals surface area contributed by atoms with Crippen LogP contribution in [-0.4, -0.2) is 50.9 Å². The number of nitrogens with one attached hydrogen (secondary N) is 1. The lowest BCUT2D eigenvalue weighted by Crippen LogP contribution is -2.45. The fourth-order valence-corrected chi connectivity index (χ4v) is 4.86. The minimum Gasteiger partial charge on any atom is -0.373 e. The number of Topliss-reactive ketones (excluding diaryl/α,β-unsaturated/α-hetero) is 1. The van der Waals surface area contributed by atoms with Crippen molar-refractivity contribution in [3.63, 3.8) is 0 Å². The van der Waals surface area contributed by atoms with Gasteiger partial charge >= 0.3 is 0 Å². The van der Waals surface area contributed by atoms with Crippen LogP contribution in [0.3, 0.4) is 0 Å². The zero-order valence-electron chi connectivity index (χ0n) is 20.5. The number of rotatable bonds is 6. The monoisotopic (exact) mass is 501 g/mol. The van der Waals surface area contributed by atoms with E-state index in [0.717, 1.165) is 41.1 Å². The maximum Gasteiger partial charge on any atom is 0.159 e. The first-order valence-corrected chi connectivity index (χ1v) is 12.4. The van der Waals surface area contributed by atoms with Gasteiger partial charge < -0.3 is 10.1 Å². The SMILES string of the molecule is CC(=O)c1ccc(Nc2nc(CN3C[C@@H](C)O[C@H](C)C3)nc3cc(-c4ncccc4Cl)ccc23)cc1. The molecule has 0 radical (unpaired) electrons. The van der Waals surface area contributed by atoms with Crippen LogP contribution in [0.4, 0.5) is 11.5 Å². The Labute approximate surface area is 215 Å². The molecule has 36 heavy (non-hydrogen) atoms. The van der Waals surface area contributed by atoms with E-state index in [0.29, 0.717) is 28.6 Å². The van der Waals surface area contributed by atoms with Crippen LogP contribution in [0.1, 0.15) is 37.0 Å². The van der Waals surface area contributed by atoms with Crippen LogP contribution in [-0.2, 0) is 11.3 Å². The Kier molecular flexibility index (Phi) is 6.96. The lowest BCUT2D eigenvalue weighted by molar-refractivity contribution is -0.0710. The maximum atomic E-state index is 11.7. The summed E-state index contributed by atoms with van der Waals surface area (Å²) in [7, 11) is 0. The third kappa shape index (κ3) is 5.38. The highest BCUT2D eigenvalue weighted by Gasteiger charge is 2.23. The summed E-state index contributed by atoms with van der Waals surface area (Å²) in [6, 6.07) is 17.0. The van der Waals surface area contributed by atoms with Gasteiger partial charge in [0.05, 0.1) is 35.0 Å². The van der Waals surface area contributed by atoms with Crippen LogP contribution in [0.25, 0.3) is 22.2 Å². The van der Waals surface area contributed by atoms with Crippen LogP contribution in [0.2, 0.25) is 5.02 Å². The Balaban J connectivity index is 1.55. The van der Waals surface area contributed by atoms with Crippen LogP contribution in [0.5, 0.6) is 0 Å². The number of ketones is 1. The molecular formula is C28H28ClN5O2. The number of fused-ring (bicyclic) bond motifs is 1. The van der Waals surface area contributed by atoms with Crippen molar-refractivity contribution in [2.24, 2.45) is 0 Å². The summed E-state index contributed by atoms with van der Waals surface area (Å²) in [6.45, 7) is 8.00. The molecule has 3 heterocycles. The third-order valence-corrected chi connectivity index (χ3v) is 6.49. The maximum absolute atomic E-state index is 11.7. The van der Waals surface area contributed by atoms with Crippen molar-refractivity contribution in [2.45, 2.75) is 39.5 Å². The van der Waals surface area contributed by atoms with Gasteiger partial charge in [0.15, 0.2) is 5.78 Å². The predicted molar refractivity (Wildman–Crippen MR) is 143 cm³/mol. The summed E-state index contributed by atoms with van der Waals surface area (Å²) < 4.78 is 5.89. The number of anilines is 2. The van der Waals surface area contributed by atoms with Gasteiger partial charge in [0, 0.05) is 41.5 Å². The average Bonchev–Trinajstić information content (AvgIpc) is 2.84. The second-order valence-corrected chi connectivity index (χ2v) is 9.67. The fraction of sp³-hybridized carbons (Fsp3) is 0.286. The Hall–Kier alpha value is -3.39. The minimum absolute atomic E-state index is 0.0333. The summed E-state index contributed by atoms with van der Waals surface area (Å²) in [5.74, 6) is 1.46. The first-order chi connectivity index (χ1) is 17.4. The molecule has 0 amide bonds. The van der Waals surface area contributed by atoms with Crippen LogP contribution >= 0.6 is 11.6 Å². The number of carbonyl (C=O) groups is 1. The van der Waals surface area contributed by atoms with Gasteiger partial charge in [-0.15, -0.1) is 0 Å². The van der Waals surface area contributed by atoms with E-state index in [4.69, 9.17) is 26.3 Å². The van der Waals surface area contributed by atoms with E-state index in [1.54, 1.807) is 13.1 Å². The van der Waals surface area contributed by atoms with E-state index < -0.39 is 0 Å². The summed E-state index contributed by atoms with van der Waals surface area (Å²) in [6.07, 6.45) is 2.05. The van der Waals surface area contributed by atoms with E-state index >= 15 is 0 Å². The molecule has 2 atom stereocenters. The molecule has 1 N–H and O–H groups in total. The predicted octanol–water partition coefficient (Wildman–Crippen LogP) is 5.90. The number of pyridine rings is 1. The molecule has 0 bridgehead atoms. The largest absolute Gasteiger partial charge is 0.373 e. The average molecular weight is 502 g/mol. The Morgan fingerprint density at radius 2 is 1.83 bits per heavy atom. The van der Waals surface area contributed by atoms with E-state index in [-0.39, 0.29) is 18.0 Å². The van der Waals surface area contributed by atoms with Crippen LogP contribution in [0.15, 0.2) is 60.8 Å². The number of hydrogen-bond donors (Lipinski definition) is 1. The van der Waals surface area contributed by atoms with Crippen molar-refractivity contribution in [3.05, 3.63) is 77.2 Å². The number of nitrogens with zero attached hydrogens (tertiary/aromatic N) is 4. The van der Waals surface area contributed by atoms with Gasteiger partial charge in [-0.1, -0.05) is 17.7 Å². The van der Waals surface area contributed by atoms with Crippen LogP contribution in [0, 0.1) is 0 Å². The molecule has 8 heteroatoms. The van der Waals surface area contributed by atoms with E-state index in [1.807, 2.05) is 54.6 Å². The lowest BCUT2D eigenvalue weighted by atomic mass is 10.1. The number of ether oxygens (including phenoxy) is 1. The fourth-order valence-electron chi connectivity index (χ4n) is 4.63. The molecule has 184 valence electrons. The molecular weight excluding hydrogens is 474 g/mol. The number of benzene rings is 2. The van der Waals surface area contributed by atoms with Gasteiger partial charge in [0.2, 0.25) is 0 Å². The number of halogens is 1. The summed E-state index contributed by atoms with van der Waals surface area (Å²) in [4.78, 5) is 28.3. The lowest BCUT2D eigenvalue weighted by Gasteiger charge is -2.34. The first-order valence-electron chi connectivity index (χ1n) is 12.0. The van der Waals surface area contributed by atoms with Gasteiger partial charge in [-0.3, -0.25) is 14.7 Å². The molecule has 0 saturated carbocycles.